The highest BCUT2D eigenvalue weighted by atomic mass is 79.9. The Morgan fingerprint density at radius 1 is 1.53 bits per heavy atom. The van der Waals surface area contributed by atoms with Gasteiger partial charge in [-0.3, -0.25) is 4.79 Å². The fourth-order valence-corrected chi connectivity index (χ4v) is 2.33. The van der Waals surface area contributed by atoms with Crippen LogP contribution < -0.4 is 0 Å². The van der Waals surface area contributed by atoms with Gasteiger partial charge in [-0.1, -0.05) is 0 Å². The maximum absolute atomic E-state index is 12.1. The molecular formula is C11H11BrN2O3. The molecule has 6 heteroatoms. The van der Waals surface area contributed by atoms with Gasteiger partial charge in [0, 0.05) is 18.3 Å². The van der Waals surface area contributed by atoms with Crippen LogP contribution in [0.1, 0.15) is 23.2 Å². The Kier molecular flexibility index (Phi) is 3.42. The third-order valence-electron chi connectivity index (χ3n) is 2.77. The molecule has 0 aliphatic carbocycles. The van der Waals surface area contributed by atoms with E-state index in [0.717, 1.165) is 6.42 Å². The van der Waals surface area contributed by atoms with Crippen molar-refractivity contribution in [1.82, 2.24) is 9.88 Å². The van der Waals surface area contributed by atoms with Crippen molar-refractivity contribution in [3.63, 3.8) is 0 Å². The number of likely N-dealkylation sites (tertiary alicyclic amines) is 1. The second-order valence-corrected chi connectivity index (χ2v) is 4.67. The second kappa shape index (κ2) is 4.83. The molecule has 0 spiro atoms. The molecule has 1 aromatic heterocycles. The summed E-state index contributed by atoms with van der Waals surface area (Å²) in [5, 5.41) is 9.02. The van der Waals surface area contributed by atoms with Crippen molar-refractivity contribution in [3.8, 4) is 0 Å². The van der Waals surface area contributed by atoms with Crippen LogP contribution in [0.15, 0.2) is 22.9 Å². The summed E-state index contributed by atoms with van der Waals surface area (Å²) in [6, 6.07) is 2.48. The predicted molar refractivity (Wildman–Crippen MR) is 63.6 cm³/mol. The SMILES string of the molecule is O=C(O)[C@@H]1CCCN1C(=O)c1ccnc(Br)c1. The number of pyridine rings is 1. The lowest BCUT2D eigenvalue weighted by Gasteiger charge is -2.21. The predicted octanol–water partition coefficient (Wildman–Crippen LogP) is 1.53. The van der Waals surface area contributed by atoms with Crippen molar-refractivity contribution in [1.29, 1.82) is 0 Å². The highest BCUT2D eigenvalue weighted by Crippen LogP contribution is 2.21. The number of halogens is 1. The first-order valence-corrected chi connectivity index (χ1v) is 6.04. The van der Waals surface area contributed by atoms with E-state index < -0.39 is 12.0 Å². The van der Waals surface area contributed by atoms with E-state index in [0.29, 0.717) is 23.1 Å². The Labute approximate surface area is 107 Å². The van der Waals surface area contributed by atoms with Crippen LogP contribution in [-0.2, 0) is 4.79 Å². The third kappa shape index (κ3) is 2.46. The molecule has 1 aliphatic rings. The molecule has 1 saturated heterocycles. The number of aromatic nitrogens is 1. The number of hydrogen-bond donors (Lipinski definition) is 1. The number of carbonyl (C=O) groups excluding carboxylic acids is 1. The zero-order valence-electron chi connectivity index (χ0n) is 8.97. The van der Waals surface area contributed by atoms with Crippen LogP contribution in [0.2, 0.25) is 0 Å². The van der Waals surface area contributed by atoms with Gasteiger partial charge in [-0.2, -0.15) is 0 Å². The van der Waals surface area contributed by atoms with E-state index in [1.54, 1.807) is 12.1 Å². The van der Waals surface area contributed by atoms with Gasteiger partial charge < -0.3 is 10.0 Å². The number of carboxylic acid groups (broad SMARTS) is 1. The lowest BCUT2D eigenvalue weighted by Crippen LogP contribution is -2.40. The Morgan fingerprint density at radius 3 is 2.94 bits per heavy atom. The van der Waals surface area contributed by atoms with Crippen molar-refractivity contribution in [2.75, 3.05) is 6.54 Å². The molecule has 0 saturated carbocycles. The van der Waals surface area contributed by atoms with Crippen LogP contribution in [-0.4, -0.2) is 39.5 Å². The summed E-state index contributed by atoms with van der Waals surface area (Å²) in [5.74, 6) is -1.19. The second-order valence-electron chi connectivity index (χ2n) is 3.86. The van der Waals surface area contributed by atoms with Crippen molar-refractivity contribution in [3.05, 3.63) is 28.5 Å². The van der Waals surface area contributed by atoms with Gasteiger partial charge >= 0.3 is 5.97 Å². The number of aliphatic carboxylic acids is 1. The average Bonchev–Trinajstić information content (AvgIpc) is 2.77. The Hall–Kier alpha value is -1.43. The molecule has 2 rings (SSSR count). The van der Waals surface area contributed by atoms with E-state index >= 15 is 0 Å². The lowest BCUT2D eigenvalue weighted by atomic mass is 10.2. The van der Waals surface area contributed by atoms with Gasteiger partial charge in [0.1, 0.15) is 10.6 Å². The summed E-state index contributed by atoms with van der Waals surface area (Å²) in [5.41, 5.74) is 0.458. The number of rotatable bonds is 2. The van der Waals surface area contributed by atoms with E-state index in [1.165, 1.54) is 11.1 Å². The van der Waals surface area contributed by atoms with Crippen molar-refractivity contribution >= 4 is 27.8 Å². The summed E-state index contributed by atoms with van der Waals surface area (Å²) in [6.45, 7) is 0.496. The normalized spacial score (nSPS) is 19.4. The standard InChI is InChI=1S/C11H11BrN2O3/c12-9-6-7(3-4-13-9)10(15)14-5-1-2-8(14)11(16)17/h3-4,6,8H,1-2,5H2,(H,16,17)/t8-/m0/s1. The number of carboxylic acids is 1. The lowest BCUT2D eigenvalue weighted by molar-refractivity contribution is -0.141. The summed E-state index contributed by atoms with van der Waals surface area (Å²) in [7, 11) is 0. The molecular weight excluding hydrogens is 288 g/mol. The average molecular weight is 299 g/mol. The van der Waals surface area contributed by atoms with Gasteiger partial charge in [-0.25, -0.2) is 9.78 Å². The molecule has 0 bridgehead atoms. The molecule has 1 fully saturated rings. The van der Waals surface area contributed by atoms with E-state index in [-0.39, 0.29) is 5.91 Å². The van der Waals surface area contributed by atoms with E-state index in [1.807, 2.05) is 0 Å². The molecule has 0 aromatic carbocycles. The van der Waals surface area contributed by atoms with E-state index in [4.69, 9.17) is 5.11 Å². The van der Waals surface area contributed by atoms with Crippen LogP contribution in [0.5, 0.6) is 0 Å². The van der Waals surface area contributed by atoms with Gasteiger partial charge in [0.15, 0.2) is 0 Å². The maximum Gasteiger partial charge on any atom is 0.326 e. The van der Waals surface area contributed by atoms with Crippen LogP contribution in [0.25, 0.3) is 0 Å². The number of nitrogens with zero attached hydrogens (tertiary/aromatic N) is 2. The first-order chi connectivity index (χ1) is 8.09. The quantitative estimate of drug-likeness (QED) is 0.841. The smallest absolute Gasteiger partial charge is 0.326 e. The van der Waals surface area contributed by atoms with Crippen LogP contribution >= 0.6 is 15.9 Å². The maximum atomic E-state index is 12.1. The molecule has 0 unspecified atom stereocenters. The zero-order valence-corrected chi connectivity index (χ0v) is 10.6. The van der Waals surface area contributed by atoms with Gasteiger partial charge in [0.2, 0.25) is 0 Å². The zero-order chi connectivity index (χ0) is 12.4. The third-order valence-corrected chi connectivity index (χ3v) is 3.21. The summed E-state index contributed by atoms with van der Waals surface area (Å²) in [6.07, 6.45) is 2.77. The Balaban J connectivity index is 2.23. The first kappa shape index (κ1) is 12.0. The van der Waals surface area contributed by atoms with Gasteiger partial charge in [0.25, 0.3) is 5.91 Å². The molecule has 1 aliphatic heterocycles. The van der Waals surface area contributed by atoms with E-state index in [2.05, 4.69) is 20.9 Å². The van der Waals surface area contributed by atoms with Gasteiger partial charge in [0.05, 0.1) is 0 Å². The molecule has 17 heavy (non-hydrogen) atoms. The largest absolute Gasteiger partial charge is 0.480 e. The molecule has 1 N–H and O–H groups in total. The van der Waals surface area contributed by atoms with Crippen LogP contribution in [0, 0.1) is 0 Å². The van der Waals surface area contributed by atoms with Crippen molar-refractivity contribution in [2.45, 2.75) is 18.9 Å². The number of carbonyl (C=O) groups is 2. The fourth-order valence-electron chi connectivity index (χ4n) is 1.97. The topological polar surface area (TPSA) is 70.5 Å². The molecule has 1 amide bonds. The molecule has 5 nitrogen and oxygen atoms in total. The highest BCUT2D eigenvalue weighted by Gasteiger charge is 2.34. The van der Waals surface area contributed by atoms with Gasteiger partial charge in [-0.05, 0) is 40.9 Å². The molecule has 2 heterocycles. The minimum atomic E-state index is -0.941. The van der Waals surface area contributed by atoms with E-state index in [9.17, 15) is 9.59 Å². The number of amides is 1. The summed E-state index contributed by atoms with van der Waals surface area (Å²) >= 11 is 3.18. The van der Waals surface area contributed by atoms with Crippen LogP contribution in [0.3, 0.4) is 0 Å². The monoisotopic (exact) mass is 298 g/mol. The molecule has 1 atom stereocenters. The summed E-state index contributed by atoms with van der Waals surface area (Å²) < 4.78 is 0.564. The first-order valence-electron chi connectivity index (χ1n) is 5.25. The van der Waals surface area contributed by atoms with Gasteiger partial charge in [-0.15, -0.1) is 0 Å². The van der Waals surface area contributed by atoms with Crippen molar-refractivity contribution in [2.24, 2.45) is 0 Å². The Morgan fingerprint density at radius 2 is 2.29 bits per heavy atom. The number of hydrogen-bond acceptors (Lipinski definition) is 3. The van der Waals surface area contributed by atoms with Crippen LogP contribution in [0.4, 0.5) is 0 Å². The highest BCUT2D eigenvalue weighted by molar-refractivity contribution is 9.10. The molecule has 90 valence electrons. The minimum Gasteiger partial charge on any atom is -0.480 e. The molecule has 0 radical (unpaired) electrons. The summed E-state index contributed by atoms with van der Waals surface area (Å²) in [4.78, 5) is 28.5. The minimum absolute atomic E-state index is 0.252. The fraction of sp³-hybridized carbons (Fsp3) is 0.364. The van der Waals surface area contributed by atoms with Crippen molar-refractivity contribution < 1.29 is 14.7 Å². The Bertz CT molecular complexity index is 464. The molecule has 1 aromatic rings.